The van der Waals surface area contributed by atoms with Gasteiger partial charge in [-0.2, -0.15) is 0 Å². The number of carbonyl (C=O) groups is 2. The summed E-state index contributed by atoms with van der Waals surface area (Å²) in [6, 6.07) is 0. The quantitative estimate of drug-likeness (QED) is 0.627. The standard InChI is InChI=1S/C10H14O3/c1-4-7-9(12)5(2)8(11)6(3)10(7)13/h5-6,12H,4H2,1-3H3. The van der Waals surface area contributed by atoms with Crippen LogP contribution in [0.15, 0.2) is 11.3 Å². The molecule has 0 aromatic carbocycles. The van der Waals surface area contributed by atoms with Crippen LogP contribution >= 0.6 is 0 Å². The zero-order valence-electron chi connectivity index (χ0n) is 8.13. The van der Waals surface area contributed by atoms with Crippen LogP contribution in [0.4, 0.5) is 0 Å². The third-order valence-electron chi connectivity index (χ3n) is 2.62. The van der Waals surface area contributed by atoms with Crippen LogP contribution in [0.2, 0.25) is 0 Å². The second-order valence-electron chi connectivity index (χ2n) is 3.43. The summed E-state index contributed by atoms with van der Waals surface area (Å²) in [6.07, 6.45) is 0.493. The van der Waals surface area contributed by atoms with Gasteiger partial charge in [-0.25, -0.2) is 0 Å². The maximum atomic E-state index is 11.5. The summed E-state index contributed by atoms with van der Waals surface area (Å²) in [6.45, 7) is 5.04. The minimum absolute atomic E-state index is 0.0319. The molecule has 0 aliphatic heterocycles. The number of hydrogen-bond acceptors (Lipinski definition) is 3. The van der Waals surface area contributed by atoms with Crippen LogP contribution in [0.1, 0.15) is 27.2 Å². The summed E-state index contributed by atoms with van der Waals surface area (Å²) in [5, 5.41) is 9.53. The summed E-state index contributed by atoms with van der Waals surface area (Å²) < 4.78 is 0. The molecule has 13 heavy (non-hydrogen) atoms. The van der Waals surface area contributed by atoms with Crippen molar-refractivity contribution in [3.63, 3.8) is 0 Å². The van der Waals surface area contributed by atoms with E-state index in [9.17, 15) is 14.7 Å². The number of aliphatic hydroxyl groups excluding tert-OH is 1. The first-order valence-corrected chi connectivity index (χ1v) is 4.50. The van der Waals surface area contributed by atoms with E-state index in [1.165, 1.54) is 0 Å². The van der Waals surface area contributed by atoms with Crippen LogP contribution in [-0.4, -0.2) is 16.7 Å². The Balaban J connectivity index is 3.18. The van der Waals surface area contributed by atoms with E-state index in [0.29, 0.717) is 12.0 Å². The van der Waals surface area contributed by atoms with Crippen molar-refractivity contribution in [1.29, 1.82) is 0 Å². The number of rotatable bonds is 1. The van der Waals surface area contributed by atoms with Gasteiger partial charge in [0, 0.05) is 5.57 Å². The van der Waals surface area contributed by atoms with Gasteiger partial charge in [-0.1, -0.05) is 6.92 Å². The highest BCUT2D eigenvalue weighted by Crippen LogP contribution is 2.28. The first-order valence-electron chi connectivity index (χ1n) is 4.50. The highest BCUT2D eigenvalue weighted by molar-refractivity contribution is 6.14. The van der Waals surface area contributed by atoms with Crippen LogP contribution in [-0.2, 0) is 9.59 Å². The van der Waals surface area contributed by atoms with Crippen LogP contribution < -0.4 is 0 Å². The molecule has 1 aliphatic rings. The average molecular weight is 182 g/mol. The molecule has 0 bridgehead atoms. The molecule has 0 aromatic heterocycles. The number of allylic oxidation sites excluding steroid dienone is 2. The zero-order chi connectivity index (χ0) is 10.2. The van der Waals surface area contributed by atoms with Gasteiger partial charge in [0.05, 0.1) is 11.8 Å². The third kappa shape index (κ3) is 1.39. The predicted molar refractivity (Wildman–Crippen MR) is 48.3 cm³/mol. The molecule has 72 valence electrons. The predicted octanol–water partition coefficient (Wildman–Crippen LogP) is 1.63. The molecule has 0 saturated carbocycles. The number of aliphatic hydroxyl groups is 1. The van der Waals surface area contributed by atoms with E-state index in [-0.39, 0.29) is 17.3 Å². The minimum atomic E-state index is -0.583. The maximum Gasteiger partial charge on any atom is 0.172 e. The molecule has 2 unspecified atom stereocenters. The monoisotopic (exact) mass is 182 g/mol. The van der Waals surface area contributed by atoms with Crippen LogP contribution in [0.3, 0.4) is 0 Å². The van der Waals surface area contributed by atoms with Crippen LogP contribution in [0, 0.1) is 11.8 Å². The molecule has 3 nitrogen and oxygen atoms in total. The van der Waals surface area contributed by atoms with E-state index in [0.717, 1.165) is 0 Å². The lowest BCUT2D eigenvalue weighted by Crippen LogP contribution is -2.34. The Morgan fingerprint density at radius 3 is 2.23 bits per heavy atom. The van der Waals surface area contributed by atoms with E-state index in [1.807, 2.05) is 0 Å². The number of carbonyl (C=O) groups excluding carboxylic acids is 2. The van der Waals surface area contributed by atoms with Crippen molar-refractivity contribution in [2.75, 3.05) is 0 Å². The summed E-state index contributed by atoms with van der Waals surface area (Å²) in [7, 11) is 0. The molecule has 1 N–H and O–H groups in total. The average Bonchev–Trinajstić information content (AvgIpc) is 2.13. The van der Waals surface area contributed by atoms with Crippen LogP contribution in [0.5, 0.6) is 0 Å². The Labute approximate surface area is 77.4 Å². The fraction of sp³-hybridized carbons (Fsp3) is 0.600. The fourth-order valence-corrected chi connectivity index (χ4v) is 1.64. The fourth-order valence-electron chi connectivity index (χ4n) is 1.64. The molecule has 2 atom stereocenters. The van der Waals surface area contributed by atoms with E-state index < -0.39 is 11.8 Å². The van der Waals surface area contributed by atoms with Gasteiger partial charge in [-0.05, 0) is 20.3 Å². The van der Waals surface area contributed by atoms with Crippen LogP contribution in [0.25, 0.3) is 0 Å². The normalized spacial score (nSPS) is 29.8. The van der Waals surface area contributed by atoms with Gasteiger partial charge in [-0.3, -0.25) is 9.59 Å². The minimum Gasteiger partial charge on any atom is -0.511 e. The van der Waals surface area contributed by atoms with Gasteiger partial charge in [0.2, 0.25) is 0 Å². The van der Waals surface area contributed by atoms with Gasteiger partial charge in [0.25, 0.3) is 0 Å². The molecule has 0 saturated heterocycles. The lowest BCUT2D eigenvalue weighted by atomic mass is 9.80. The Kier molecular flexibility index (Phi) is 2.55. The molecular weight excluding hydrogens is 168 g/mol. The van der Waals surface area contributed by atoms with Crippen molar-refractivity contribution < 1.29 is 14.7 Å². The summed E-state index contributed by atoms with van der Waals surface area (Å²) in [5.41, 5.74) is 0.416. The molecular formula is C10H14O3. The number of ketones is 2. The molecule has 0 spiro atoms. The summed E-state index contributed by atoms with van der Waals surface area (Å²) >= 11 is 0. The smallest absolute Gasteiger partial charge is 0.172 e. The first kappa shape index (κ1) is 9.96. The van der Waals surface area contributed by atoms with E-state index in [1.54, 1.807) is 20.8 Å². The van der Waals surface area contributed by atoms with Crippen molar-refractivity contribution >= 4 is 11.6 Å². The molecule has 1 rings (SSSR count). The second kappa shape index (κ2) is 3.32. The Morgan fingerprint density at radius 2 is 1.77 bits per heavy atom. The zero-order valence-corrected chi connectivity index (χ0v) is 8.13. The number of Topliss-reactive ketones (excluding diaryl/α,β-unsaturated/α-hetero) is 2. The second-order valence-corrected chi connectivity index (χ2v) is 3.43. The van der Waals surface area contributed by atoms with Gasteiger partial charge < -0.3 is 5.11 Å². The Hall–Kier alpha value is -1.12. The molecule has 0 heterocycles. The van der Waals surface area contributed by atoms with Crippen molar-refractivity contribution in [2.24, 2.45) is 11.8 Å². The van der Waals surface area contributed by atoms with Crippen molar-refractivity contribution in [2.45, 2.75) is 27.2 Å². The molecule has 0 fully saturated rings. The first-order chi connectivity index (χ1) is 6.00. The third-order valence-corrected chi connectivity index (χ3v) is 2.62. The topological polar surface area (TPSA) is 54.4 Å². The van der Waals surface area contributed by atoms with E-state index in [2.05, 4.69) is 0 Å². The molecule has 0 aromatic rings. The van der Waals surface area contributed by atoms with Crippen molar-refractivity contribution in [1.82, 2.24) is 0 Å². The molecule has 3 heteroatoms. The Morgan fingerprint density at radius 1 is 1.23 bits per heavy atom. The van der Waals surface area contributed by atoms with Crippen molar-refractivity contribution in [3.05, 3.63) is 11.3 Å². The summed E-state index contributed by atoms with van der Waals surface area (Å²) in [4.78, 5) is 22.9. The molecule has 1 aliphatic carbocycles. The molecule has 0 amide bonds. The lowest BCUT2D eigenvalue weighted by Gasteiger charge is -2.23. The number of hydrogen-bond donors (Lipinski definition) is 1. The Bertz CT molecular complexity index is 289. The highest BCUT2D eigenvalue weighted by atomic mass is 16.3. The van der Waals surface area contributed by atoms with Gasteiger partial charge in [0.15, 0.2) is 11.6 Å². The SMILES string of the molecule is CCC1=C(O)C(C)C(=O)C(C)C1=O. The highest BCUT2D eigenvalue weighted by Gasteiger charge is 2.37. The van der Waals surface area contributed by atoms with Gasteiger partial charge in [-0.15, -0.1) is 0 Å². The van der Waals surface area contributed by atoms with E-state index in [4.69, 9.17) is 0 Å². The van der Waals surface area contributed by atoms with E-state index >= 15 is 0 Å². The largest absolute Gasteiger partial charge is 0.511 e. The maximum absolute atomic E-state index is 11.5. The summed E-state index contributed by atoms with van der Waals surface area (Å²) in [5.74, 6) is -1.53. The van der Waals surface area contributed by atoms with Gasteiger partial charge >= 0.3 is 0 Å². The van der Waals surface area contributed by atoms with Crippen molar-refractivity contribution in [3.8, 4) is 0 Å². The lowest BCUT2D eigenvalue weighted by molar-refractivity contribution is -0.133. The molecule has 0 radical (unpaired) electrons. The van der Waals surface area contributed by atoms with Gasteiger partial charge in [0.1, 0.15) is 5.76 Å².